The standard InChI is InChI=1S/C34H33F3O7S/c1-18-13-24-23-9-6-19-14-21(38)10-11-31(19,2)33(23,37)28(40)16-32(24,3)34(18,44-29(41)27-5-4-12-43-27)30(42)45-17-26(39)22-8-7-20(35)15-25(22)36/h4-5,7-8,10-12,14-15,18,23-24,28,40H,6,9,13,16-17H2,1-3H3/t18-,23+,24+,28+,31+,32+,33+,34+/m1/s1. The predicted molar refractivity (Wildman–Crippen MR) is 158 cm³/mol. The minimum Gasteiger partial charge on any atom is -0.457 e. The molecule has 45 heavy (non-hydrogen) atoms. The number of halogens is 3. The first-order valence-corrected chi connectivity index (χ1v) is 15.9. The lowest BCUT2D eigenvalue weighted by atomic mass is 9.45. The minimum atomic E-state index is -2.18. The number of esters is 1. The molecule has 0 radical (unpaired) electrons. The summed E-state index contributed by atoms with van der Waals surface area (Å²) in [6, 6.07) is 5.37. The van der Waals surface area contributed by atoms with Crippen LogP contribution in [0.1, 0.15) is 67.4 Å². The summed E-state index contributed by atoms with van der Waals surface area (Å²) in [5, 5.41) is 11.1. The molecule has 3 saturated carbocycles. The second-order valence-electron chi connectivity index (χ2n) is 13.1. The van der Waals surface area contributed by atoms with Crippen molar-refractivity contribution in [1.82, 2.24) is 0 Å². The lowest BCUT2D eigenvalue weighted by molar-refractivity contribution is -0.216. The molecule has 4 aliphatic carbocycles. The molecule has 0 bridgehead atoms. The van der Waals surface area contributed by atoms with Crippen molar-refractivity contribution in [2.45, 2.75) is 63.8 Å². The van der Waals surface area contributed by atoms with Crippen LogP contribution in [-0.2, 0) is 14.3 Å². The van der Waals surface area contributed by atoms with E-state index in [1.165, 1.54) is 36.6 Å². The van der Waals surface area contributed by atoms with Crippen LogP contribution in [0.4, 0.5) is 13.2 Å². The Morgan fingerprint density at radius 1 is 1.16 bits per heavy atom. The molecular weight excluding hydrogens is 609 g/mol. The summed E-state index contributed by atoms with van der Waals surface area (Å²) in [6.45, 7) is 5.12. The van der Waals surface area contributed by atoms with Gasteiger partial charge in [0.1, 0.15) is 11.6 Å². The maximum absolute atomic E-state index is 17.7. The summed E-state index contributed by atoms with van der Waals surface area (Å²) < 4.78 is 56.8. The van der Waals surface area contributed by atoms with Gasteiger partial charge >= 0.3 is 5.97 Å². The van der Waals surface area contributed by atoms with E-state index in [-0.39, 0.29) is 24.4 Å². The van der Waals surface area contributed by atoms with E-state index in [4.69, 9.17) is 9.15 Å². The van der Waals surface area contributed by atoms with Gasteiger partial charge < -0.3 is 14.3 Å². The average molecular weight is 643 g/mol. The normalized spacial score (nSPS) is 36.9. The summed E-state index contributed by atoms with van der Waals surface area (Å²) in [7, 11) is 0. The zero-order valence-electron chi connectivity index (χ0n) is 25.0. The van der Waals surface area contributed by atoms with Crippen LogP contribution in [0.5, 0.6) is 0 Å². The van der Waals surface area contributed by atoms with Crippen LogP contribution in [0, 0.1) is 40.2 Å². The van der Waals surface area contributed by atoms with E-state index in [9.17, 15) is 33.1 Å². The zero-order chi connectivity index (χ0) is 32.5. The number of hydrogen-bond donors (Lipinski definition) is 1. The van der Waals surface area contributed by atoms with Gasteiger partial charge in [0.05, 0.1) is 23.7 Å². The molecule has 8 atom stereocenters. The molecule has 0 spiro atoms. The molecule has 1 N–H and O–H groups in total. The number of aliphatic hydroxyl groups is 1. The molecule has 1 heterocycles. The molecule has 0 unspecified atom stereocenters. The molecule has 238 valence electrons. The van der Waals surface area contributed by atoms with Crippen LogP contribution in [-0.4, -0.2) is 50.9 Å². The largest absolute Gasteiger partial charge is 0.457 e. The smallest absolute Gasteiger partial charge is 0.375 e. The first-order chi connectivity index (χ1) is 21.2. The predicted octanol–water partition coefficient (Wildman–Crippen LogP) is 6.21. The van der Waals surface area contributed by atoms with Gasteiger partial charge in [-0.25, -0.2) is 18.0 Å². The molecule has 0 saturated heterocycles. The van der Waals surface area contributed by atoms with Crippen LogP contribution < -0.4 is 0 Å². The summed E-state index contributed by atoms with van der Waals surface area (Å²) in [5.74, 6) is -6.53. The zero-order valence-corrected chi connectivity index (χ0v) is 25.8. The fourth-order valence-electron chi connectivity index (χ4n) is 8.85. The Morgan fingerprint density at radius 2 is 1.91 bits per heavy atom. The number of carbonyl (C=O) groups is 4. The maximum Gasteiger partial charge on any atom is 0.375 e. The highest BCUT2D eigenvalue weighted by molar-refractivity contribution is 8.14. The number of aliphatic hydroxyl groups excluding tert-OH is 1. The summed E-state index contributed by atoms with van der Waals surface area (Å²) >= 11 is 0.543. The Balaban J connectivity index is 1.39. The average Bonchev–Trinajstić information content (AvgIpc) is 3.59. The highest BCUT2D eigenvalue weighted by atomic mass is 32.2. The fourth-order valence-corrected chi connectivity index (χ4v) is 9.96. The van der Waals surface area contributed by atoms with E-state index in [2.05, 4.69) is 0 Å². The van der Waals surface area contributed by atoms with Crippen molar-refractivity contribution in [3.8, 4) is 0 Å². The van der Waals surface area contributed by atoms with Gasteiger partial charge in [-0.05, 0) is 74.9 Å². The second kappa shape index (κ2) is 10.8. The lowest BCUT2D eigenvalue weighted by Gasteiger charge is -2.62. The highest BCUT2D eigenvalue weighted by Crippen LogP contribution is 2.71. The van der Waals surface area contributed by atoms with Gasteiger partial charge in [0.2, 0.25) is 10.9 Å². The molecule has 1 aromatic carbocycles. The molecule has 6 rings (SSSR count). The van der Waals surface area contributed by atoms with Crippen molar-refractivity contribution in [1.29, 1.82) is 0 Å². The minimum absolute atomic E-state index is 0.163. The van der Waals surface area contributed by atoms with Crippen molar-refractivity contribution in [2.24, 2.45) is 28.6 Å². The quantitative estimate of drug-likeness (QED) is 0.293. The fraction of sp³-hybridized carbons (Fsp3) is 0.471. The number of Topliss-reactive ketones (excluding diaryl/α,β-unsaturated/α-hetero) is 1. The molecule has 1 aromatic heterocycles. The Hall–Kier alpha value is -3.44. The van der Waals surface area contributed by atoms with Crippen molar-refractivity contribution in [3.05, 3.63) is 83.4 Å². The van der Waals surface area contributed by atoms with E-state index in [1.54, 1.807) is 20.8 Å². The van der Waals surface area contributed by atoms with Gasteiger partial charge in [-0.2, -0.15) is 0 Å². The van der Waals surface area contributed by atoms with Crippen LogP contribution >= 0.6 is 11.8 Å². The number of thioether (sulfide) groups is 1. The molecule has 0 aliphatic heterocycles. The van der Waals surface area contributed by atoms with Gasteiger partial charge in [0.25, 0.3) is 0 Å². The number of benzene rings is 1. The molecule has 3 fully saturated rings. The third-order valence-electron chi connectivity index (χ3n) is 11.0. The number of alkyl halides is 1. The SMILES string of the molecule is C[C@@H]1C[C@H]2[C@@H]3CCC4=CC(=O)C=C[C@]4(C)[C@@]3(F)[C@@H](O)C[C@]2(C)[C@@]1(OC(=O)c1ccco1)C(=O)SCC(=O)c1ccc(F)cc1F. The first kappa shape index (κ1) is 31.5. The third kappa shape index (κ3) is 4.44. The van der Waals surface area contributed by atoms with E-state index in [0.29, 0.717) is 36.2 Å². The molecule has 11 heteroatoms. The van der Waals surface area contributed by atoms with Gasteiger partial charge in [-0.3, -0.25) is 14.4 Å². The number of hydrogen-bond acceptors (Lipinski definition) is 8. The number of ether oxygens (including phenoxy) is 1. The van der Waals surface area contributed by atoms with Crippen molar-refractivity contribution in [3.63, 3.8) is 0 Å². The Bertz CT molecular complexity index is 1650. The van der Waals surface area contributed by atoms with Crippen LogP contribution in [0.25, 0.3) is 0 Å². The summed E-state index contributed by atoms with van der Waals surface area (Å²) in [5.41, 5.74) is -6.42. The number of carbonyl (C=O) groups excluding carboxylic acids is 4. The third-order valence-corrected chi connectivity index (χ3v) is 12.0. The van der Waals surface area contributed by atoms with E-state index in [0.717, 1.165) is 12.1 Å². The van der Waals surface area contributed by atoms with E-state index >= 15 is 4.39 Å². The second-order valence-corrected chi connectivity index (χ2v) is 14.1. The maximum atomic E-state index is 17.7. The monoisotopic (exact) mass is 642 g/mol. The number of ketones is 2. The van der Waals surface area contributed by atoms with Gasteiger partial charge in [-0.1, -0.05) is 37.3 Å². The summed E-state index contributed by atoms with van der Waals surface area (Å²) in [4.78, 5) is 53.0. The van der Waals surface area contributed by atoms with Gasteiger partial charge in [0.15, 0.2) is 22.8 Å². The van der Waals surface area contributed by atoms with Crippen molar-refractivity contribution < 1.29 is 46.6 Å². The Morgan fingerprint density at radius 3 is 2.60 bits per heavy atom. The Kier molecular flexibility index (Phi) is 7.59. The Labute approximate surface area is 262 Å². The molecule has 7 nitrogen and oxygen atoms in total. The van der Waals surface area contributed by atoms with Crippen molar-refractivity contribution in [2.75, 3.05) is 5.75 Å². The number of furan rings is 1. The summed E-state index contributed by atoms with van der Waals surface area (Å²) in [6.07, 6.45) is 4.70. The molecule has 0 amide bonds. The van der Waals surface area contributed by atoms with Crippen LogP contribution in [0.2, 0.25) is 0 Å². The molecule has 2 aromatic rings. The van der Waals surface area contributed by atoms with Gasteiger partial charge in [0, 0.05) is 28.7 Å². The number of allylic oxidation sites excluding steroid dienone is 4. The molecule has 4 aliphatic rings. The highest BCUT2D eigenvalue weighted by Gasteiger charge is 2.77. The number of fused-ring (bicyclic) bond motifs is 5. The number of rotatable bonds is 6. The first-order valence-electron chi connectivity index (χ1n) is 14.9. The molecular formula is C34H33F3O7S. The van der Waals surface area contributed by atoms with Crippen LogP contribution in [0.15, 0.2) is 64.8 Å². The van der Waals surface area contributed by atoms with Gasteiger partial charge in [-0.15, -0.1) is 0 Å². The lowest BCUT2D eigenvalue weighted by Crippen LogP contribution is -2.69. The van der Waals surface area contributed by atoms with E-state index < -0.39 is 85.8 Å². The van der Waals surface area contributed by atoms with Crippen molar-refractivity contribution >= 4 is 34.4 Å². The van der Waals surface area contributed by atoms with E-state index in [1.807, 2.05) is 0 Å². The topological polar surface area (TPSA) is 111 Å². The van der Waals surface area contributed by atoms with Crippen LogP contribution in [0.3, 0.4) is 0 Å².